The molecule has 1 heterocycles. The summed E-state index contributed by atoms with van der Waals surface area (Å²) >= 11 is 0. The molecule has 1 aliphatic heterocycles. The van der Waals surface area contributed by atoms with E-state index in [1.807, 2.05) is 0 Å². The maximum atomic E-state index is 12.0. The van der Waals surface area contributed by atoms with Crippen molar-refractivity contribution in [3.05, 3.63) is 0 Å². The van der Waals surface area contributed by atoms with Gasteiger partial charge >= 0.3 is 5.97 Å². The van der Waals surface area contributed by atoms with Crippen LogP contribution in [0.3, 0.4) is 0 Å². The van der Waals surface area contributed by atoms with Gasteiger partial charge in [-0.2, -0.15) is 0 Å². The van der Waals surface area contributed by atoms with E-state index in [4.69, 9.17) is 14.2 Å². The number of rotatable bonds is 3. The Morgan fingerprint density at radius 1 is 1.29 bits per heavy atom. The summed E-state index contributed by atoms with van der Waals surface area (Å²) in [4.78, 5) is 12.0. The van der Waals surface area contributed by atoms with Crippen molar-refractivity contribution in [2.75, 3.05) is 27.4 Å². The van der Waals surface area contributed by atoms with Crippen molar-refractivity contribution in [1.82, 2.24) is 0 Å². The van der Waals surface area contributed by atoms with Gasteiger partial charge in [0.15, 0.2) is 0 Å². The first kappa shape index (κ1) is 12.8. The van der Waals surface area contributed by atoms with Gasteiger partial charge in [0.05, 0.1) is 18.8 Å². The number of carbonyl (C=O) groups excluding carboxylic acids is 1. The molecule has 98 valence electrons. The number of methoxy groups -OCH3 is 2. The van der Waals surface area contributed by atoms with Crippen LogP contribution in [0.2, 0.25) is 0 Å². The molecule has 5 nitrogen and oxygen atoms in total. The van der Waals surface area contributed by atoms with E-state index in [0.29, 0.717) is 38.9 Å². The Labute approximate surface area is 101 Å². The fraction of sp³-hybridized carbons (Fsp3) is 0.917. The van der Waals surface area contributed by atoms with Gasteiger partial charge in [-0.25, -0.2) is 0 Å². The van der Waals surface area contributed by atoms with Crippen molar-refractivity contribution in [2.24, 2.45) is 5.41 Å². The second-order valence-electron chi connectivity index (χ2n) is 4.98. The zero-order chi connectivity index (χ0) is 12.5. The first-order chi connectivity index (χ1) is 8.08. The minimum atomic E-state index is -1.01. The van der Waals surface area contributed by atoms with E-state index < -0.39 is 11.0 Å². The number of hydrogen-bond acceptors (Lipinski definition) is 5. The average molecular weight is 244 g/mol. The van der Waals surface area contributed by atoms with Gasteiger partial charge in [-0.05, 0) is 12.8 Å². The van der Waals surface area contributed by atoms with Crippen molar-refractivity contribution in [3.8, 4) is 0 Å². The molecule has 0 radical (unpaired) electrons. The van der Waals surface area contributed by atoms with Crippen LogP contribution >= 0.6 is 0 Å². The first-order valence-corrected chi connectivity index (χ1v) is 5.99. The summed E-state index contributed by atoms with van der Waals surface area (Å²) in [5, 5.41) is 10.7. The molecule has 2 rings (SSSR count). The number of hydrogen-bond donors (Lipinski definition) is 1. The van der Waals surface area contributed by atoms with Gasteiger partial charge < -0.3 is 19.3 Å². The predicted octanol–water partition coefficient (Wildman–Crippen LogP) is 0.496. The molecular formula is C12H20O5. The molecule has 2 aliphatic rings. The van der Waals surface area contributed by atoms with Crippen molar-refractivity contribution in [3.63, 3.8) is 0 Å². The minimum absolute atomic E-state index is 0.0426. The molecule has 5 heteroatoms. The molecule has 0 spiro atoms. The maximum absolute atomic E-state index is 12.0. The average Bonchev–Trinajstić information content (AvgIpc) is 2.28. The van der Waals surface area contributed by atoms with E-state index in [0.717, 1.165) is 0 Å². The Morgan fingerprint density at radius 3 is 2.35 bits per heavy atom. The predicted molar refractivity (Wildman–Crippen MR) is 59.5 cm³/mol. The van der Waals surface area contributed by atoms with E-state index >= 15 is 0 Å². The summed E-state index contributed by atoms with van der Waals surface area (Å²) in [6, 6.07) is 0. The fourth-order valence-corrected chi connectivity index (χ4v) is 3.00. The molecule has 17 heavy (non-hydrogen) atoms. The highest BCUT2D eigenvalue weighted by atomic mass is 16.5. The van der Waals surface area contributed by atoms with Crippen molar-refractivity contribution >= 4 is 5.97 Å². The van der Waals surface area contributed by atoms with Crippen LogP contribution in [0.1, 0.15) is 25.7 Å². The molecule has 0 aromatic carbocycles. The minimum Gasteiger partial charge on any atom is -0.469 e. The van der Waals surface area contributed by atoms with Gasteiger partial charge in [-0.3, -0.25) is 4.79 Å². The summed E-state index contributed by atoms with van der Waals surface area (Å²) in [6.45, 7) is 0.986. The molecular weight excluding hydrogens is 224 g/mol. The standard InChI is InChI=1S/C12H20O5/c1-15-9-7-11(8-9,10(13)16-2)12(14)3-5-17-6-4-12/h9,14H,3-8H2,1-2H3. The van der Waals surface area contributed by atoms with Crippen LogP contribution in [0.4, 0.5) is 0 Å². The second kappa shape index (κ2) is 4.55. The van der Waals surface area contributed by atoms with Gasteiger partial charge in [0.25, 0.3) is 0 Å². The summed E-state index contributed by atoms with van der Waals surface area (Å²) < 4.78 is 15.3. The maximum Gasteiger partial charge on any atom is 0.314 e. The smallest absolute Gasteiger partial charge is 0.314 e. The monoisotopic (exact) mass is 244 g/mol. The Morgan fingerprint density at radius 2 is 1.88 bits per heavy atom. The van der Waals surface area contributed by atoms with Gasteiger partial charge in [0, 0.05) is 33.2 Å². The van der Waals surface area contributed by atoms with E-state index in [-0.39, 0.29) is 12.1 Å². The van der Waals surface area contributed by atoms with Crippen LogP contribution in [0, 0.1) is 5.41 Å². The summed E-state index contributed by atoms with van der Waals surface area (Å²) in [5.41, 5.74) is -1.81. The summed E-state index contributed by atoms with van der Waals surface area (Å²) in [7, 11) is 2.99. The van der Waals surface area contributed by atoms with E-state index in [1.165, 1.54) is 7.11 Å². The van der Waals surface area contributed by atoms with Gasteiger partial charge in [-0.15, -0.1) is 0 Å². The molecule has 0 bridgehead atoms. The number of esters is 1. The third kappa shape index (κ3) is 1.86. The van der Waals surface area contributed by atoms with E-state index in [9.17, 15) is 9.90 Å². The van der Waals surface area contributed by atoms with E-state index in [1.54, 1.807) is 7.11 Å². The first-order valence-electron chi connectivity index (χ1n) is 5.99. The Balaban J connectivity index is 2.19. The van der Waals surface area contributed by atoms with Gasteiger partial charge in [-0.1, -0.05) is 0 Å². The number of aliphatic hydroxyl groups is 1. The molecule has 0 aromatic heterocycles. The Kier molecular flexibility index (Phi) is 3.43. The zero-order valence-electron chi connectivity index (χ0n) is 10.4. The lowest BCUT2D eigenvalue weighted by Crippen LogP contribution is -2.64. The Bertz CT molecular complexity index is 289. The van der Waals surface area contributed by atoms with Gasteiger partial charge in [0.1, 0.15) is 5.41 Å². The third-order valence-electron chi connectivity index (χ3n) is 4.27. The van der Waals surface area contributed by atoms with Crippen molar-refractivity contribution in [2.45, 2.75) is 37.4 Å². The molecule has 1 N–H and O–H groups in total. The normalized spacial score (nSPS) is 36.1. The molecule has 1 saturated carbocycles. The highest BCUT2D eigenvalue weighted by Crippen LogP contribution is 2.54. The SMILES string of the molecule is COC(=O)C1(C2(O)CCOCC2)CC(OC)C1. The number of ether oxygens (including phenoxy) is 3. The molecule has 0 unspecified atom stereocenters. The largest absolute Gasteiger partial charge is 0.469 e. The molecule has 2 fully saturated rings. The van der Waals surface area contributed by atoms with Crippen LogP contribution in [0.5, 0.6) is 0 Å². The topological polar surface area (TPSA) is 65.0 Å². The quantitative estimate of drug-likeness (QED) is 0.732. The molecule has 0 atom stereocenters. The van der Waals surface area contributed by atoms with Crippen LogP contribution in [0.15, 0.2) is 0 Å². The van der Waals surface area contributed by atoms with Gasteiger partial charge in [0.2, 0.25) is 0 Å². The third-order valence-corrected chi connectivity index (χ3v) is 4.27. The number of carbonyl (C=O) groups is 1. The van der Waals surface area contributed by atoms with Crippen LogP contribution in [-0.4, -0.2) is 50.2 Å². The fourth-order valence-electron chi connectivity index (χ4n) is 3.00. The molecule has 1 aliphatic carbocycles. The van der Waals surface area contributed by atoms with Crippen molar-refractivity contribution in [1.29, 1.82) is 0 Å². The van der Waals surface area contributed by atoms with Crippen LogP contribution in [-0.2, 0) is 19.0 Å². The highest BCUT2D eigenvalue weighted by molar-refractivity contribution is 5.80. The lowest BCUT2D eigenvalue weighted by molar-refractivity contribution is -0.225. The second-order valence-corrected chi connectivity index (χ2v) is 4.98. The highest BCUT2D eigenvalue weighted by Gasteiger charge is 2.63. The lowest BCUT2D eigenvalue weighted by atomic mass is 9.55. The van der Waals surface area contributed by atoms with E-state index in [2.05, 4.69) is 0 Å². The zero-order valence-corrected chi connectivity index (χ0v) is 10.4. The molecule has 0 amide bonds. The summed E-state index contributed by atoms with van der Waals surface area (Å²) in [5.74, 6) is -0.324. The lowest BCUT2D eigenvalue weighted by Gasteiger charge is -2.54. The van der Waals surface area contributed by atoms with Crippen molar-refractivity contribution < 1.29 is 24.1 Å². The molecule has 1 saturated heterocycles. The Hall–Kier alpha value is -0.650. The van der Waals surface area contributed by atoms with Crippen LogP contribution < -0.4 is 0 Å². The summed E-state index contributed by atoms with van der Waals surface area (Å²) in [6.07, 6.45) is 2.08. The van der Waals surface area contributed by atoms with Crippen LogP contribution in [0.25, 0.3) is 0 Å². The molecule has 0 aromatic rings.